The zero-order chi connectivity index (χ0) is 23.9. The van der Waals surface area contributed by atoms with Crippen LogP contribution in [-0.2, 0) is 22.9 Å². The number of ether oxygens (including phenoxy) is 1. The number of phosphoric acid groups is 1. The third-order valence-corrected chi connectivity index (χ3v) is 5.15. The van der Waals surface area contributed by atoms with Gasteiger partial charge in [-0.1, -0.05) is 34.6 Å². The number of nitrogens with two attached hydrogens (primary N) is 1. The van der Waals surface area contributed by atoms with Gasteiger partial charge >= 0.3 is 13.5 Å². The van der Waals surface area contributed by atoms with Crippen LogP contribution in [0.5, 0.6) is 0 Å². The van der Waals surface area contributed by atoms with Crippen LogP contribution in [0.25, 0.3) is 0 Å². The van der Waals surface area contributed by atoms with Crippen molar-refractivity contribution in [3.05, 3.63) is 22.7 Å². The van der Waals surface area contributed by atoms with Crippen LogP contribution in [0.3, 0.4) is 0 Å². The predicted molar refractivity (Wildman–Crippen MR) is 117 cm³/mol. The molecule has 10 nitrogen and oxygen atoms in total. The highest BCUT2D eigenvalue weighted by Crippen LogP contribution is 2.50. The number of aromatic nitrogens is 2. The van der Waals surface area contributed by atoms with Crippen LogP contribution in [0, 0.1) is 17.8 Å². The molecule has 0 radical (unpaired) electrons. The Morgan fingerprint density at radius 2 is 1.93 bits per heavy atom. The molecule has 30 heavy (non-hydrogen) atoms. The topological polar surface area (TPSA) is 139 Å². The lowest BCUT2D eigenvalue weighted by Gasteiger charge is -2.20. The van der Waals surface area contributed by atoms with E-state index in [1.807, 2.05) is 34.6 Å². The van der Waals surface area contributed by atoms with Crippen LogP contribution >= 0.6 is 7.82 Å². The normalized spacial score (nSPS) is 21.8. The number of phosphoric ester groups is 1. The molecule has 4 atom stereocenters. The Hall–Kier alpha value is -1.76. The Balaban J connectivity index is 0. The summed E-state index contributed by atoms with van der Waals surface area (Å²) in [6.07, 6.45) is 1.07. The molecule has 11 heteroatoms. The van der Waals surface area contributed by atoms with Crippen molar-refractivity contribution >= 4 is 13.6 Å². The van der Waals surface area contributed by atoms with Gasteiger partial charge in [-0.25, -0.2) is 14.6 Å². The van der Waals surface area contributed by atoms with Crippen molar-refractivity contribution in [2.24, 2.45) is 5.92 Å². The van der Waals surface area contributed by atoms with Crippen LogP contribution in [0.1, 0.15) is 61.1 Å². The summed E-state index contributed by atoms with van der Waals surface area (Å²) < 4.78 is 34.9. The lowest BCUT2D eigenvalue weighted by atomic mass is 10.1. The number of hydrogen-bond donors (Lipinski definition) is 1. The minimum Gasteiger partial charge on any atom is -0.383 e. The summed E-state index contributed by atoms with van der Waals surface area (Å²) in [5, 5.41) is 6.50. The molecule has 1 aromatic heterocycles. The number of nitrogen functional groups attached to an aromatic ring is 1. The van der Waals surface area contributed by atoms with Crippen molar-refractivity contribution < 1.29 is 22.9 Å². The third kappa shape index (κ3) is 9.83. The van der Waals surface area contributed by atoms with E-state index in [1.54, 1.807) is 20.0 Å². The van der Waals surface area contributed by atoms with Gasteiger partial charge in [-0.3, -0.25) is 18.1 Å². The largest absolute Gasteiger partial charge is 0.474 e. The lowest BCUT2D eigenvalue weighted by Crippen LogP contribution is -2.29. The second kappa shape index (κ2) is 16.0. The van der Waals surface area contributed by atoms with Crippen LogP contribution in [-0.4, -0.2) is 35.5 Å². The van der Waals surface area contributed by atoms with Gasteiger partial charge in [0.2, 0.25) is 0 Å². The van der Waals surface area contributed by atoms with Crippen LogP contribution in [0.4, 0.5) is 5.82 Å². The molecule has 1 fully saturated rings. The van der Waals surface area contributed by atoms with E-state index in [4.69, 9.17) is 29.3 Å². The first-order valence-electron chi connectivity index (χ1n) is 9.98. The predicted octanol–water partition coefficient (Wildman–Crippen LogP) is 4.14. The second-order valence-electron chi connectivity index (χ2n) is 5.98. The van der Waals surface area contributed by atoms with Crippen molar-refractivity contribution in [3.8, 4) is 6.57 Å². The number of rotatable bonds is 7. The van der Waals surface area contributed by atoms with Crippen molar-refractivity contribution in [2.45, 2.75) is 73.3 Å². The molecule has 1 aliphatic heterocycles. The average molecular weight is 449 g/mol. The fraction of sp³-hybridized carbons (Fsp3) is 0.737. The molecule has 1 aliphatic rings. The Kier molecular flexibility index (Phi) is 16.2. The quantitative estimate of drug-likeness (QED) is 0.610. The van der Waals surface area contributed by atoms with Gasteiger partial charge in [0.25, 0.3) is 0 Å². The molecule has 0 amide bonds. The van der Waals surface area contributed by atoms with Crippen molar-refractivity contribution in [1.82, 2.24) is 9.55 Å². The van der Waals surface area contributed by atoms with Crippen LogP contribution in [0.2, 0.25) is 0 Å². The highest BCUT2D eigenvalue weighted by atomic mass is 31.2. The molecule has 174 valence electrons. The monoisotopic (exact) mass is 448 g/mol. The van der Waals surface area contributed by atoms with E-state index in [0.29, 0.717) is 6.42 Å². The summed E-state index contributed by atoms with van der Waals surface area (Å²) in [4.78, 5) is 15.6. The molecule has 0 saturated carbocycles. The first kappa shape index (κ1) is 30.4. The van der Waals surface area contributed by atoms with Gasteiger partial charge in [-0.15, -0.1) is 0 Å². The van der Waals surface area contributed by atoms with E-state index < -0.39 is 19.7 Å². The zero-order valence-corrected chi connectivity index (χ0v) is 20.2. The SMILES string of the molecule is C#N.CC.CC.COP(=O)(OC[C@@H]1C[C@H](C)[C@H](n2ccc(N)nc2=O)O1)OC(C)C. The first-order chi connectivity index (χ1) is 14.2. The van der Waals surface area contributed by atoms with E-state index in [1.165, 1.54) is 17.7 Å². The van der Waals surface area contributed by atoms with Crippen molar-refractivity contribution in [3.63, 3.8) is 0 Å². The fourth-order valence-electron chi connectivity index (χ4n) is 2.54. The molecule has 1 saturated heterocycles. The molecule has 1 unspecified atom stereocenters. The van der Waals surface area contributed by atoms with Crippen LogP contribution in [0.15, 0.2) is 17.1 Å². The molecular weight excluding hydrogens is 411 g/mol. The fourth-order valence-corrected chi connectivity index (χ4v) is 3.66. The number of nitrogens with zero attached hydrogens (tertiary/aromatic N) is 3. The minimum absolute atomic E-state index is 0.0375. The molecular formula is C19H37N4O6P. The minimum atomic E-state index is -3.61. The van der Waals surface area contributed by atoms with Crippen molar-refractivity contribution in [1.29, 1.82) is 5.26 Å². The van der Waals surface area contributed by atoms with Gasteiger partial charge in [0.1, 0.15) is 12.0 Å². The summed E-state index contributed by atoms with van der Waals surface area (Å²) in [7, 11) is -2.35. The van der Waals surface area contributed by atoms with E-state index in [0.717, 1.165) is 0 Å². The summed E-state index contributed by atoms with van der Waals surface area (Å²) in [6.45, 7) is 17.0. The summed E-state index contributed by atoms with van der Waals surface area (Å²) in [6, 6.07) is 1.54. The highest BCUT2D eigenvalue weighted by molar-refractivity contribution is 7.48. The summed E-state index contributed by atoms with van der Waals surface area (Å²) in [5.41, 5.74) is 5.02. The van der Waals surface area contributed by atoms with E-state index >= 15 is 0 Å². The van der Waals surface area contributed by atoms with Crippen molar-refractivity contribution in [2.75, 3.05) is 19.5 Å². The first-order valence-corrected chi connectivity index (χ1v) is 11.4. The maximum Gasteiger partial charge on any atom is 0.474 e. The molecule has 0 aliphatic carbocycles. The zero-order valence-electron chi connectivity index (χ0n) is 19.3. The second-order valence-corrected chi connectivity index (χ2v) is 7.71. The molecule has 2 N–H and O–H groups in total. The van der Waals surface area contributed by atoms with E-state index in [9.17, 15) is 9.36 Å². The average Bonchev–Trinajstić information content (AvgIpc) is 3.11. The van der Waals surface area contributed by atoms with Crippen LogP contribution < -0.4 is 11.4 Å². The van der Waals surface area contributed by atoms with Gasteiger partial charge in [-0.05, 0) is 26.3 Å². The lowest BCUT2D eigenvalue weighted by molar-refractivity contribution is -0.0363. The molecule has 1 aromatic rings. The Morgan fingerprint density at radius 1 is 1.37 bits per heavy atom. The van der Waals surface area contributed by atoms with Gasteiger partial charge in [-0.2, -0.15) is 4.98 Å². The van der Waals surface area contributed by atoms with E-state index in [-0.39, 0.29) is 30.6 Å². The van der Waals surface area contributed by atoms with E-state index in [2.05, 4.69) is 11.6 Å². The van der Waals surface area contributed by atoms with Gasteiger partial charge in [0, 0.05) is 25.8 Å². The number of anilines is 1. The molecule has 2 heterocycles. The Morgan fingerprint density at radius 3 is 2.40 bits per heavy atom. The number of nitriles is 1. The summed E-state index contributed by atoms with van der Waals surface area (Å²) in [5.74, 6) is 0.211. The van der Waals surface area contributed by atoms with Gasteiger partial charge in [0.05, 0.1) is 18.8 Å². The Labute approximate surface area is 179 Å². The van der Waals surface area contributed by atoms with Gasteiger partial charge < -0.3 is 10.5 Å². The maximum absolute atomic E-state index is 12.3. The maximum atomic E-state index is 12.3. The van der Waals surface area contributed by atoms with Gasteiger partial charge in [0.15, 0.2) is 0 Å². The molecule has 0 spiro atoms. The Bertz CT molecular complexity index is 710. The highest BCUT2D eigenvalue weighted by Gasteiger charge is 2.36. The third-order valence-electron chi connectivity index (χ3n) is 3.56. The standard InChI is InChI=1S/C14H24N3O6P.2C2H6.CHN/c1-9(2)23-24(19,20-4)21-8-11-7-10(3)13(22-11)17-6-5-12(15)16-14(17)18;3*1-2/h5-6,9-11,13H,7-8H2,1-4H3,(H2,15,16,18);2*1-2H3;1H/t10-,11-,13+,24?;;;/m0.../s1. The smallest absolute Gasteiger partial charge is 0.383 e. The molecule has 0 aromatic carbocycles. The molecule has 0 bridgehead atoms. The molecule has 2 rings (SSSR count). The number of hydrogen-bond acceptors (Lipinski definition) is 9. The summed E-state index contributed by atoms with van der Waals surface area (Å²) >= 11 is 0.